The van der Waals surface area contributed by atoms with Crippen LogP contribution >= 0.6 is 0 Å². The molecule has 0 saturated carbocycles. The number of nitrogens with zero attached hydrogens (tertiary/aromatic N) is 5. The zero-order chi connectivity index (χ0) is 15.5. The first kappa shape index (κ1) is 14.1. The molecule has 0 atom stereocenters. The molecule has 1 N–H and O–H groups in total. The Morgan fingerprint density at radius 2 is 2.00 bits per heavy atom. The standard InChI is InChI=1S/C15H18N6O2/c1-2-18-13-12(1)14(23-9-11-7-16-10-17-8-11)20-15(19-13)21-3-5-22-6-4-21/h7-8,10H,1-6,9H2,(H,18,19,20). The van der Waals surface area contributed by atoms with Crippen LogP contribution in [0.5, 0.6) is 5.88 Å². The first-order chi connectivity index (χ1) is 11.4. The summed E-state index contributed by atoms with van der Waals surface area (Å²) in [5, 5.41) is 3.30. The summed E-state index contributed by atoms with van der Waals surface area (Å²) in [5.41, 5.74) is 1.96. The van der Waals surface area contributed by atoms with Crippen molar-refractivity contribution < 1.29 is 9.47 Å². The summed E-state index contributed by atoms with van der Waals surface area (Å²) in [6, 6.07) is 0. The number of anilines is 2. The van der Waals surface area contributed by atoms with Crippen LogP contribution in [0.25, 0.3) is 0 Å². The third kappa shape index (κ3) is 3.02. The van der Waals surface area contributed by atoms with Crippen LogP contribution in [0.4, 0.5) is 11.8 Å². The lowest BCUT2D eigenvalue weighted by molar-refractivity contribution is 0.122. The van der Waals surface area contributed by atoms with Gasteiger partial charge >= 0.3 is 0 Å². The summed E-state index contributed by atoms with van der Waals surface area (Å²) >= 11 is 0. The van der Waals surface area contributed by atoms with E-state index in [1.807, 2.05) is 0 Å². The van der Waals surface area contributed by atoms with Crippen molar-refractivity contribution in [3.05, 3.63) is 29.8 Å². The van der Waals surface area contributed by atoms with E-state index in [0.29, 0.717) is 31.6 Å². The van der Waals surface area contributed by atoms with E-state index < -0.39 is 0 Å². The van der Waals surface area contributed by atoms with E-state index in [1.165, 1.54) is 6.33 Å². The van der Waals surface area contributed by atoms with E-state index >= 15 is 0 Å². The van der Waals surface area contributed by atoms with Crippen LogP contribution in [0, 0.1) is 0 Å². The SMILES string of the molecule is c1ncc(COc2nc(N3CCOCC3)nc3c2CCN3)cn1. The quantitative estimate of drug-likeness (QED) is 0.880. The lowest BCUT2D eigenvalue weighted by Crippen LogP contribution is -2.37. The molecule has 1 fully saturated rings. The molecule has 2 aliphatic rings. The fourth-order valence-corrected chi connectivity index (χ4v) is 2.71. The minimum atomic E-state index is 0.396. The van der Waals surface area contributed by atoms with Gasteiger partial charge in [0.2, 0.25) is 11.8 Å². The molecule has 0 bridgehead atoms. The summed E-state index contributed by atoms with van der Waals surface area (Å²) in [6.45, 7) is 4.25. The number of hydrogen-bond acceptors (Lipinski definition) is 8. The third-order valence-corrected chi connectivity index (χ3v) is 3.91. The Morgan fingerprint density at radius 1 is 1.17 bits per heavy atom. The molecular formula is C15H18N6O2. The number of fused-ring (bicyclic) bond motifs is 1. The Labute approximate surface area is 133 Å². The number of morpholine rings is 1. The van der Waals surface area contributed by atoms with Crippen molar-refractivity contribution in [1.82, 2.24) is 19.9 Å². The van der Waals surface area contributed by atoms with E-state index in [9.17, 15) is 0 Å². The summed E-state index contributed by atoms with van der Waals surface area (Å²) in [5.74, 6) is 2.21. The van der Waals surface area contributed by atoms with E-state index in [4.69, 9.17) is 9.47 Å². The molecule has 4 rings (SSSR count). The van der Waals surface area contributed by atoms with Crippen molar-refractivity contribution in [3.63, 3.8) is 0 Å². The van der Waals surface area contributed by atoms with Gasteiger partial charge < -0.3 is 19.7 Å². The summed E-state index contributed by atoms with van der Waals surface area (Å²) in [7, 11) is 0. The van der Waals surface area contributed by atoms with Crippen LogP contribution in [-0.4, -0.2) is 52.8 Å². The van der Waals surface area contributed by atoms with Crippen LogP contribution in [-0.2, 0) is 17.8 Å². The second kappa shape index (κ2) is 6.33. The second-order valence-electron chi connectivity index (χ2n) is 5.47. The van der Waals surface area contributed by atoms with Crippen molar-refractivity contribution in [2.24, 2.45) is 0 Å². The molecule has 8 heteroatoms. The molecule has 1 saturated heterocycles. The van der Waals surface area contributed by atoms with Gasteiger partial charge in [-0.2, -0.15) is 9.97 Å². The van der Waals surface area contributed by atoms with Crippen molar-refractivity contribution in [1.29, 1.82) is 0 Å². The molecule has 8 nitrogen and oxygen atoms in total. The maximum Gasteiger partial charge on any atom is 0.230 e. The van der Waals surface area contributed by atoms with E-state index in [-0.39, 0.29) is 0 Å². The Balaban J connectivity index is 1.58. The van der Waals surface area contributed by atoms with Gasteiger partial charge in [0.25, 0.3) is 0 Å². The van der Waals surface area contributed by atoms with Gasteiger partial charge in [0, 0.05) is 37.6 Å². The zero-order valence-corrected chi connectivity index (χ0v) is 12.7. The van der Waals surface area contributed by atoms with Gasteiger partial charge in [-0.25, -0.2) is 9.97 Å². The highest BCUT2D eigenvalue weighted by Gasteiger charge is 2.23. The minimum absolute atomic E-state index is 0.396. The lowest BCUT2D eigenvalue weighted by atomic mass is 10.2. The molecule has 120 valence electrons. The van der Waals surface area contributed by atoms with Gasteiger partial charge in [0.1, 0.15) is 18.8 Å². The van der Waals surface area contributed by atoms with Crippen LogP contribution in [0.1, 0.15) is 11.1 Å². The van der Waals surface area contributed by atoms with Crippen molar-refractivity contribution in [2.45, 2.75) is 13.0 Å². The van der Waals surface area contributed by atoms with E-state index in [1.54, 1.807) is 12.4 Å². The summed E-state index contributed by atoms with van der Waals surface area (Å²) < 4.78 is 11.3. The minimum Gasteiger partial charge on any atom is -0.472 e. The predicted molar refractivity (Wildman–Crippen MR) is 83.6 cm³/mol. The smallest absolute Gasteiger partial charge is 0.230 e. The molecule has 0 spiro atoms. The molecule has 0 unspecified atom stereocenters. The maximum atomic E-state index is 5.94. The highest BCUT2D eigenvalue weighted by molar-refractivity contribution is 5.57. The number of ether oxygens (including phenoxy) is 2. The summed E-state index contributed by atoms with van der Waals surface area (Å²) in [4.78, 5) is 19.4. The zero-order valence-electron chi connectivity index (χ0n) is 12.7. The predicted octanol–water partition coefficient (Wildman–Crippen LogP) is 0.650. The van der Waals surface area contributed by atoms with Crippen LogP contribution in [0.15, 0.2) is 18.7 Å². The topological polar surface area (TPSA) is 85.3 Å². The average Bonchev–Trinajstić information content (AvgIpc) is 3.10. The Bertz CT molecular complexity index is 675. The van der Waals surface area contributed by atoms with Gasteiger partial charge in [-0.1, -0.05) is 0 Å². The van der Waals surface area contributed by atoms with Gasteiger partial charge in [0.15, 0.2) is 0 Å². The van der Waals surface area contributed by atoms with Crippen molar-refractivity contribution in [2.75, 3.05) is 43.1 Å². The van der Waals surface area contributed by atoms with E-state index in [2.05, 4.69) is 30.2 Å². The Hall–Kier alpha value is -2.48. The van der Waals surface area contributed by atoms with Crippen LogP contribution in [0.3, 0.4) is 0 Å². The normalized spacial score (nSPS) is 16.8. The first-order valence-electron chi connectivity index (χ1n) is 7.74. The maximum absolute atomic E-state index is 5.94. The first-order valence-corrected chi connectivity index (χ1v) is 7.74. The summed E-state index contributed by atoms with van der Waals surface area (Å²) in [6.07, 6.45) is 5.87. The number of nitrogens with one attached hydrogen (secondary N) is 1. The molecule has 0 aliphatic carbocycles. The van der Waals surface area contributed by atoms with Crippen LogP contribution in [0.2, 0.25) is 0 Å². The molecular weight excluding hydrogens is 296 g/mol. The molecule has 0 aromatic carbocycles. The van der Waals surface area contributed by atoms with Gasteiger partial charge in [-0.05, 0) is 6.42 Å². The second-order valence-corrected chi connectivity index (χ2v) is 5.47. The Morgan fingerprint density at radius 3 is 2.83 bits per heavy atom. The van der Waals surface area contributed by atoms with Crippen molar-refractivity contribution in [3.8, 4) is 5.88 Å². The largest absolute Gasteiger partial charge is 0.472 e. The Kier molecular flexibility index (Phi) is 3.89. The number of rotatable bonds is 4. The van der Waals surface area contributed by atoms with Gasteiger partial charge in [-0.15, -0.1) is 0 Å². The fraction of sp³-hybridized carbons (Fsp3) is 0.467. The third-order valence-electron chi connectivity index (χ3n) is 3.91. The molecule has 2 aromatic rings. The molecule has 4 heterocycles. The molecule has 0 radical (unpaired) electrons. The molecule has 2 aliphatic heterocycles. The number of aromatic nitrogens is 4. The monoisotopic (exact) mass is 314 g/mol. The highest BCUT2D eigenvalue weighted by atomic mass is 16.5. The van der Waals surface area contributed by atoms with Crippen LogP contribution < -0.4 is 15.0 Å². The number of hydrogen-bond donors (Lipinski definition) is 1. The van der Waals surface area contributed by atoms with Crippen molar-refractivity contribution >= 4 is 11.8 Å². The molecule has 0 amide bonds. The highest BCUT2D eigenvalue weighted by Crippen LogP contribution is 2.31. The average molecular weight is 314 g/mol. The molecule has 2 aromatic heterocycles. The van der Waals surface area contributed by atoms with Gasteiger partial charge in [-0.3, -0.25) is 0 Å². The van der Waals surface area contributed by atoms with E-state index in [0.717, 1.165) is 43.0 Å². The lowest BCUT2D eigenvalue weighted by Gasteiger charge is -2.27. The molecule has 23 heavy (non-hydrogen) atoms. The fourth-order valence-electron chi connectivity index (χ4n) is 2.71. The van der Waals surface area contributed by atoms with Gasteiger partial charge in [0.05, 0.1) is 18.8 Å².